The normalized spacial score (nSPS) is 10.4. The molecule has 138 valence electrons. The van der Waals surface area contributed by atoms with Gasteiger partial charge in [-0.25, -0.2) is 0 Å². The van der Waals surface area contributed by atoms with Gasteiger partial charge in [0.15, 0.2) is 0 Å². The number of nitro groups is 1. The lowest BCUT2D eigenvalue weighted by Gasteiger charge is -2.09. The fourth-order valence-corrected chi connectivity index (χ4v) is 2.66. The number of rotatable bonds is 9. The summed E-state index contributed by atoms with van der Waals surface area (Å²) in [7, 11) is 0. The largest absolute Gasteiger partial charge is 0.385 e. The molecule has 0 unspecified atom stereocenters. The Morgan fingerprint density at radius 1 is 1.08 bits per heavy atom. The average Bonchev–Trinajstić information content (AvgIpc) is 2.63. The Balaban J connectivity index is 1.95. The van der Waals surface area contributed by atoms with Crippen LogP contribution in [0.1, 0.15) is 43.0 Å². The molecule has 26 heavy (non-hydrogen) atoms. The van der Waals surface area contributed by atoms with Crippen LogP contribution >= 0.6 is 11.6 Å². The van der Waals surface area contributed by atoms with Crippen LogP contribution in [0.3, 0.4) is 0 Å². The van der Waals surface area contributed by atoms with Gasteiger partial charge in [0.1, 0.15) is 0 Å². The summed E-state index contributed by atoms with van der Waals surface area (Å²) in [6, 6.07) is 11.1. The number of halogens is 1. The van der Waals surface area contributed by atoms with E-state index >= 15 is 0 Å². The molecule has 0 saturated carbocycles. The maximum Gasteiger partial charge on any atom is 0.270 e. The van der Waals surface area contributed by atoms with E-state index in [0.29, 0.717) is 5.69 Å². The van der Waals surface area contributed by atoms with Crippen LogP contribution in [0.15, 0.2) is 42.5 Å². The quantitative estimate of drug-likeness (QED) is 0.344. The van der Waals surface area contributed by atoms with Gasteiger partial charge in [-0.3, -0.25) is 14.9 Å². The zero-order valence-corrected chi connectivity index (χ0v) is 15.4. The molecule has 2 aromatic carbocycles. The number of benzene rings is 2. The number of unbranched alkanes of at least 4 members (excludes halogenated alkanes) is 3. The molecule has 1 amide bonds. The van der Waals surface area contributed by atoms with E-state index in [1.54, 1.807) is 12.1 Å². The van der Waals surface area contributed by atoms with E-state index in [-0.39, 0.29) is 16.3 Å². The van der Waals surface area contributed by atoms with Gasteiger partial charge in [0.25, 0.3) is 11.6 Å². The fraction of sp³-hybridized carbons (Fsp3) is 0.316. The molecular weight excluding hydrogens is 354 g/mol. The number of non-ortho nitro benzene ring substituents is 1. The van der Waals surface area contributed by atoms with Crippen LogP contribution in [0.5, 0.6) is 0 Å². The summed E-state index contributed by atoms with van der Waals surface area (Å²) in [6.45, 7) is 3.09. The van der Waals surface area contributed by atoms with Crippen molar-refractivity contribution in [3.05, 3.63) is 63.2 Å². The summed E-state index contributed by atoms with van der Waals surface area (Å²) >= 11 is 5.99. The number of nitro benzene ring substituents is 1. The molecule has 0 aliphatic heterocycles. The number of nitrogens with zero attached hydrogens (tertiary/aromatic N) is 1. The summed E-state index contributed by atoms with van der Waals surface area (Å²) in [5.41, 5.74) is 1.46. The lowest BCUT2D eigenvalue weighted by atomic mass is 10.1. The number of hydrogen-bond acceptors (Lipinski definition) is 4. The molecule has 0 fully saturated rings. The smallest absolute Gasteiger partial charge is 0.270 e. The molecule has 0 aliphatic rings. The van der Waals surface area contributed by atoms with E-state index in [1.165, 1.54) is 37.5 Å². The van der Waals surface area contributed by atoms with Crippen LogP contribution in [0, 0.1) is 10.1 Å². The molecule has 2 aromatic rings. The van der Waals surface area contributed by atoms with Crippen molar-refractivity contribution in [1.29, 1.82) is 0 Å². The molecule has 0 aromatic heterocycles. The Hall–Kier alpha value is -2.60. The molecule has 0 atom stereocenters. The van der Waals surface area contributed by atoms with Crippen LogP contribution < -0.4 is 10.6 Å². The first-order valence-corrected chi connectivity index (χ1v) is 8.98. The first kappa shape index (κ1) is 19.7. The number of anilines is 2. The lowest BCUT2D eigenvalue weighted by molar-refractivity contribution is -0.384. The monoisotopic (exact) mass is 375 g/mol. The van der Waals surface area contributed by atoms with E-state index in [0.717, 1.165) is 18.7 Å². The number of carbonyl (C=O) groups excluding carboxylic acids is 1. The van der Waals surface area contributed by atoms with Gasteiger partial charge in [-0.1, -0.05) is 37.8 Å². The Morgan fingerprint density at radius 3 is 2.42 bits per heavy atom. The predicted molar refractivity (Wildman–Crippen MR) is 105 cm³/mol. The van der Waals surface area contributed by atoms with Crippen molar-refractivity contribution in [1.82, 2.24) is 0 Å². The Morgan fingerprint density at radius 2 is 1.77 bits per heavy atom. The highest BCUT2D eigenvalue weighted by Gasteiger charge is 2.16. The van der Waals surface area contributed by atoms with E-state index in [2.05, 4.69) is 17.6 Å². The Labute approximate surface area is 157 Å². The predicted octanol–water partition coefficient (Wildman–Crippen LogP) is 5.49. The van der Waals surface area contributed by atoms with Crippen molar-refractivity contribution >= 4 is 34.6 Å². The SMILES string of the molecule is CCCCCCNc1ccc(NC(=O)c2cc([N+](=O)[O-])ccc2Cl)cc1. The van der Waals surface area contributed by atoms with Gasteiger partial charge in [-0.2, -0.15) is 0 Å². The molecule has 0 aliphatic carbocycles. The molecule has 7 heteroatoms. The van der Waals surface area contributed by atoms with Gasteiger partial charge in [0.2, 0.25) is 0 Å². The zero-order valence-electron chi connectivity index (χ0n) is 14.6. The van der Waals surface area contributed by atoms with Gasteiger partial charge in [0, 0.05) is 30.1 Å². The van der Waals surface area contributed by atoms with E-state index in [1.807, 2.05) is 12.1 Å². The highest BCUT2D eigenvalue weighted by Crippen LogP contribution is 2.23. The third-order valence-electron chi connectivity index (χ3n) is 3.91. The van der Waals surface area contributed by atoms with Crippen LogP contribution in [-0.2, 0) is 0 Å². The lowest BCUT2D eigenvalue weighted by Crippen LogP contribution is -2.13. The summed E-state index contributed by atoms with van der Waals surface area (Å²) in [5, 5.41) is 17.1. The molecule has 2 rings (SSSR count). The minimum Gasteiger partial charge on any atom is -0.385 e. The van der Waals surface area contributed by atoms with Gasteiger partial charge >= 0.3 is 0 Å². The number of carbonyl (C=O) groups is 1. The van der Waals surface area contributed by atoms with Crippen molar-refractivity contribution in [2.24, 2.45) is 0 Å². The highest BCUT2D eigenvalue weighted by molar-refractivity contribution is 6.34. The molecule has 0 spiro atoms. The Bertz CT molecular complexity index is 763. The second-order valence-electron chi connectivity index (χ2n) is 5.94. The molecular formula is C19H22ClN3O3. The summed E-state index contributed by atoms with van der Waals surface area (Å²) in [6.07, 6.45) is 4.79. The molecule has 0 bridgehead atoms. The van der Waals surface area contributed by atoms with E-state index in [4.69, 9.17) is 11.6 Å². The summed E-state index contributed by atoms with van der Waals surface area (Å²) in [4.78, 5) is 22.6. The standard InChI is InChI=1S/C19H22ClN3O3/c1-2-3-4-5-12-21-14-6-8-15(9-7-14)22-19(24)17-13-16(23(25)26)10-11-18(17)20/h6-11,13,21H,2-5,12H2,1H3,(H,22,24). The zero-order chi connectivity index (χ0) is 18.9. The number of hydrogen-bond donors (Lipinski definition) is 2. The maximum absolute atomic E-state index is 12.3. The molecule has 0 heterocycles. The van der Waals surface area contributed by atoms with Gasteiger partial charge < -0.3 is 10.6 Å². The number of nitrogens with one attached hydrogen (secondary N) is 2. The van der Waals surface area contributed by atoms with Crippen LogP contribution in [0.4, 0.5) is 17.1 Å². The second-order valence-corrected chi connectivity index (χ2v) is 6.35. The maximum atomic E-state index is 12.3. The summed E-state index contributed by atoms with van der Waals surface area (Å²) in [5.74, 6) is -0.487. The third kappa shape index (κ3) is 5.74. The minimum atomic E-state index is -0.561. The summed E-state index contributed by atoms with van der Waals surface area (Å²) < 4.78 is 0. The molecule has 2 N–H and O–H groups in total. The van der Waals surface area contributed by atoms with Crippen LogP contribution in [0.2, 0.25) is 5.02 Å². The topological polar surface area (TPSA) is 84.3 Å². The van der Waals surface area contributed by atoms with Gasteiger partial charge in [-0.15, -0.1) is 0 Å². The van der Waals surface area contributed by atoms with Crippen molar-refractivity contribution in [3.8, 4) is 0 Å². The van der Waals surface area contributed by atoms with E-state index < -0.39 is 10.8 Å². The van der Waals surface area contributed by atoms with Crippen molar-refractivity contribution in [2.45, 2.75) is 32.6 Å². The average molecular weight is 376 g/mol. The first-order valence-electron chi connectivity index (χ1n) is 8.60. The third-order valence-corrected chi connectivity index (χ3v) is 4.24. The highest BCUT2D eigenvalue weighted by atomic mass is 35.5. The molecule has 0 radical (unpaired) electrons. The van der Waals surface area contributed by atoms with E-state index in [9.17, 15) is 14.9 Å². The fourth-order valence-electron chi connectivity index (χ4n) is 2.46. The van der Waals surface area contributed by atoms with Crippen LogP contribution in [-0.4, -0.2) is 17.4 Å². The van der Waals surface area contributed by atoms with Gasteiger partial charge in [0.05, 0.1) is 15.5 Å². The second kappa shape index (κ2) is 9.77. The minimum absolute atomic E-state index is 0.0685. The van der Waals surface area contributed by atoms with Crippen molar-refractivity contribution < 1.29 is 9.72 Å². The number of amides is 1. The van der Waals surface area contributed by atoms with Gasteiger partial charge in [-0.05, 0) is 36.8 Å². The molecule has 0 saturated heterocycles. The van der Waals surface area contributed by atoms with Crippen molar-refractivity contribution in [2.75, 3.05) is 17.2 Å². The Kier molecular flexibility index (Phi) is 7.41. The molecule has 6 nitrogen and oxygen atoms in total. The van der Waals surface area contributed by atoms with Crippen molar-refractivity contribution in [3.63, 3.8) is 0 Å². The first-order chi connectivity index (χ1) is 12.5. The van der Waals surface area contributed by atoms with Crippen LogP contribution in [0.25, 0.3) is 0 Å².